The first kappa shape index (κ1) is 28.4. The molecular formula is C33H31Cl2N5O2. The highest BCUT2D eigenvalue weighted by atomic mass is 35.5. The Balaban J connectivity index is 1.20. The van der Waals surface area contributed by atoms with Crippen LogP contribution in [0.1, 0.15) is 27.0 Å². The summed E-state index contributed by atoms with van der Waals surface area (Å²) in [6.07, 6.45) is 1.95. The van der Waals surface area contributed by atoms with E-state index in [4.69, 9.17) is 27.9 Å². The number of nitrogens with zero attached hydrogens (tertiary/aromatic N) is 4. The third-order valence-electron chi connectivity index (χ3n) is 7.71. The van der Waals surface area contributed by atoms with E-state index in [-0.39, 0.29) is 12.2 Å². The summed E-state index contributed by atoms with van der Waals surface area (Å²) in [5.74, 6) is 1.42. The van der Waals surface area contributed by atoms with Gasteiger partial charge < -0.3 is 14.6 Å². The number of Topliss-reactive ketones (excluding diaryl/α,β-unsaturated/α-hetero) is 1. The molecule has 1 N–H and O–H groups in total. The minimum atomic E-state index is 0.00196. The van der Waals surface area contributed by atoms with Gasteiger partial charge >= 0.3 is 0 Å². The van der Waals surface area contributed by atoms with E-state index in [1.807, 2.05) is 30.3 Å². The number of aromatic nitrogens is 3. The van der Waals surface area contributed by atoms with Crippen molar-refractivity contribution in [1.82, 2.24) is 24.8 Å². The average Bonchev–Trinajstić information content (AvgIpc) is 3.46. The van der Waals surface area contributed by atoms with Gasteiger partial charge in [-0.3, -0.25) is 9.69 Å². The van der Waals surface area contributed by atoms with Gasteiger partial charge in [0.15, 0.2) is 11.6 Å². The minimum Gasteiger partial charge on any atom is -0.437 e. The van der Waals surface area contributed by atoms with Crippen molar-refractivity contribution in [1.29, 1.82) is 0 Å². The Kier molecular flexibility index (Phi) is 8.27. The molecule has 5 aromatic rings. The van der Waals surface area contributed by atoms with Gasteiger partial charge in [0.25, 0.3) is 0 Å². The zero-order valence-electron chi connectivity index (χ0n) is 23.5. The normalized spacial score (nSPS) is 14.4. The Hall–Kier alpha value is -3.75. The second-order valence-corrected chi connectivity index (χ2v) is 11.6. The number of ether oxygens (including phenoxy) is 1. The van der Waals surface area contributed by atoms with Crippen molar-refractivity contribution in [2.24, 2.45) is 0 Å². The SMILES string of the molecule is Cc1cc(C(=O)Cc2cc(Oc3nc(-c4ccc(Cl)cc4)nc4cc[nH]c34)ccc2Cl)ccc1CN1CCN(C)CC1. The number of carbonyl (C=O) groups excluding carboxylic acids is 1. The fourth-order valence-corrected chi connectivity index (χ4v) is 5.46. The number of benzene rings is 3. The quantitative estimate of drug-likeness (QED) is 0.190. The molecule has 2 aromatic heterocycles. The molecule has 0 spiro atoms. The smallest absolute Gasteiger partial charge is 0.247 e. The van der Waals surface area contributed by atoms with Gasteiger partial charge in [-0.1, -0.05) is 35.3 Å². The zero-order valence-corrected chi connectivity index (χ0v) is 25.0. The lowest BCUT2D eigenvalue weighted by Crippen LogP contribution is -2.43. The highest BCUT2D eigenvalue weighted by Gasteiger charge is 2.18. The molecule has 1 saturated heterocycles. The van der Waals surface area contributed by atoms with Gasteiger partial charge in [0.2, 0.25) is 5.88 Å². The summed E-state index contributed by atoms with van der Waals surface area (Å²) in [6.45, 7) is 7.24. The van der Waals surface area contributed by atoms with Crippen LogP contribution in [0.15, 0.2) is 72.9 Å². The highest BCUT2D eigenvalue weighted by Crippen LogP contribution is 2.32. The summed E-state index contributed by atoms with van der Waals surface area (Å²) in [5, 5.41) is 1.15. The summed E-state index contributed by atoms with van der Waals surface area (Å²) in [4.78, 5) is 30.6. The first-order chi connectivity index (χ1) is 20.3. The van der Waals surface area contributed by atoms with E-state index in [1.54, 1.807) is 36.5 Å². The summed E-state index contributed by atoms with van der Waals surface area (Å²) < 4.78 is 6.25. The molecule has 0 unspecified atom stereocenters. The first-order valence-corrected chi connectivity index (χ1v) is 14.7. The van der Waals surface area contributed by atoms with E-state index in [9.17, 15) is 4.79 Å². The molecule has 0 atom stereocenters. The predicted molar refractivity (Wildman–Crippen MR) is 168 cm³/mol. The predicted octanol–water partition coefficient (Wildman–Crippen LogP) is 7.21. The van der Waals surface area contributed by atoms with Crippen LogP contribution in [0.5, 0.6) is 11.6 Å². The van der Waals surface area contributed by atoms with Gasteiger partial charge in [-0.05, 0) is 85.3 Å². The van der Waals surface area contributed by atoms with Crippen LogP contribution in [0.3, 0.4) is 0 Å². The zero-order chi connectivity index (χ0) is 29.2. The maximum Gasteiger partial charge on any atom is 0.247 e. The third-order valence-corrected chi connectivity index (χ3v) is 8.33. The van der Waals surface area contributed by atoms with Crippen LogP contribution in [0.25, 0.3) is 22.4 Å². The number of hydrogen-bond acceptors (Lipinski definition) is 6. The van der Waals surface area contributed by atoms with Crippen molar-refractivity contribution in [2.75, 3.05) is 33.2 Å². The molecule has 3 aromatic carbocycles. The van der Waals surface area contributed by atoms with Gasteiger partial charge in [0.05, 0.1) is 5.52 Å². The number of H-pyrrole nitrogens is 1. The first-order valence-electron chi connectivity index (χ1n) is 13.9. The lowest BCUT2D eigenvalue weighted by atomic mass is 9.98. The fraction of sp³-hybridized carbons (Fsp3) is 0.242. The summed E-state index contributed by atoms with van der Waals surface area (Å²) in [6, 6.07) is 20.5. The van der Waals surface area contributed by atoms with Gasteiger partial charge in [0.1, 0.15) is 11.3 Å². The largest absolute Gasteiger partial charge is 0.437 e. The molecule has 0 radical (unpaired) electrons. The van der Waals surface area contributed by atoms with Crippen LogP contribution in [-0.4, -0.2) is 63.8 Å². The number of aromatic amines is 1. The van der Waals surface area contributed by atoms with E-state index in [2.05, 4.69) is 44.8 Å². The minimum absolute atomic E-state index is 0.00196. The van der Waals surface area contributed by atoms with Crippen LogP contribution in [0, 0.1) is 6.92 Å². The second kappa shape index (κ2) is 12.2. The number of ketones is 1. The van der Waals surface area contributed by atoms with Crippen molar-refractivity contribution < 1.29 is 9.53 Å². The number of halogens is 2. The van der Waals surface area contributed by atoms with Crippen LogP contribution >= 0.6 is 23.2 Å². The summed E-state index contributed by atoms with van der Waals surface area (Å²) in [5.41, 5.74) is 5.95. The molecule has 9 heteroatoms. The Morgan fingerprint density at radius 3 is 2.48 bits per heavy atom. The summed E-state index contributed by atoms with van der Waals surface area (Å²) >= 11 is 12.6. The molecule has 1 aliphatic heterocycles. The molecule has 42 heavy (non-hydrogen) atoms. The van der Waals surface area contributed by atoms with Gasteiger partial charge in [0, 0.05) is 66.5 Å². The topological polar surface area (TPSA) is 74.3 Å². The lowest BCUT2D eigenvalue weighted by Gasteiger charge is -2.32. The third kappa shape index (κ3) is 6.35. The maximum atomic E-state index is 13.3. The number of hydrogen-bond donors (Lipinski definition) is 1. The van der Waals surface area contributed by atoms with Crippen LogP contribution < -0.4 is 4.74 Å². The number of piperazine rings is 1. The van der Waals surface area contributed by atoms with E-state index in [0.29, 0.717) is 44.1 Å². The highest BCUT2D eigenvalue weighted by molar-refractivity contribution is 6.31. The van der Waals surface area contributed by atoms with E-state index < -0.39 is 0 Å². The maximum absolute atomic E-state index is 13.3. The Labute approximate surface area is 255 Å². The van der Waals surface area contributed by atoms with Crippen LogP contribution in [-0.2, 0) is 13.0 Å². The molecule has 3 heterocycles. The molecule has 7 nitrogen and oxygen atoms in total. The molecule has 1 aliphatic rings. The molecule has 0 saturated carbocycles. The summed E-state index contributed by atoms with van der Waals surface area (Å²) in [7, 11) is 2.16. The van der Waals surface area contributed by atoms with Gasteiger partial charge in [-0.2, -0.15) is 4.98 Å². The molecule has 0 bridgehead atoms. The standard InChI is InChI=1S/C33H31Cl2N5O2/c1-21-17-23(3-4-24(21)20-40-15-13-39(2)14-16-40)30(41)19-25-18-27(9-10-28(25)35)42-33-31-29(11-12-36-31)37-32(38-33)22-5-7-26(34)8-6-22/h3-12,17-18,36H,13-16,19-20H2,1-2H3. The Morgan fingerprint density at radius 1 is 0.929 bits per heavy atom. The number of nitrogens with one attached hydrogen (secondary N) is 1. The van der Waals surface area contributed by atoms with E-state index in [1.165, 1.54) is 5.56 Å². The van der Waals surface area contributed by atoms with E-state index in [0.717, 1.165) is 49.4 Å². The fourth-order valence-electron chi connectivity index (χ4n) is 5.15. The van der Waals surface area contributed by atoms with Crippen molar-refractivity contribution in [2.45, 2.75) is 19.9 Å². The average molecular weight is 601 g/mol. The molecular weight excluding hydrogens is 569 g/mol. The van der Waals surface area contributed by atoms with E-state index >= 15 is 0 Å². The number of carbonyl (C=O) groups is 1. The lowest BCUT2D eigenvalue weighted by molar-refractivity contribution is 0.0993. The Bertz CT molecular complexity index is 1740. The molecule has 1 fully saturated rings. The number of likely N-dealkylation sites (N-methyl/N-ethyl adjacent to an activating group) is 1. The van der Waals surface area contributed by atoms with Crippen molar-refractivity contribution >= 4 is 40.0 Å². The number of rotatable bonds is 8. The molecule has 0 aliphatic carbocycles. The van der Waals surface area contributed by atoms with Crippen molar-refractivity contribution in [3.05, 3.63) is 105 Å². The number of aryl methyl sites for hydroxylation is 1. The monoisotopic (exact) mass is 599 g/mol. The van der Waals surface area contributed by atoms with Gasteiger partial charge in [-0.25, -0.2) is 4.98 Å². The Morgan fingerprint density at radius 2 is 1.71 bits per heavy atom. The van der Waals surface area contributed by atoms with Crippen LogP contribution in [0.2, 0.25) is 10.0 Å². The molecule has 6 rings (SSSR count). The second-order valence-electron chi connectivity index (χ2n) is 10.8. The van der Waals surface area contributed by atoms with Gasteiger partial charge in [-0.15, -0.1) is 0 Å². The van der Waals surface area contributed by atoms with Crippen molar-refractivity contribution in [3.8, 4) is 23.0 Å². The molecule has 214 valence electrons. The number of fused-ring (bicyclic) bond motifs is 1. The molecule has 0 amide bonds. The van der Waals surface area contributed by atoms with Crippen molar-refractivity contribution in [3.63, 3.8) is 0 Å². The van der Waals surface area contributed by atoms with Crippen LogP contribution in [0.4, 0.5) is 0 Å².